The molecule has 2 heterocycles. The van der Waals surface area contributed by atoms with E-state index in [1.54, 1.807) is 42.3 Å². The predicted octanol–water partition coefficient (Wildman–Crippen LogP) is 3.76. The first-order valence-electron chi connectivity index (χ1n) is 10.2. The third-order valence-corrected chi connectivity index (χ3v) is 4.99. The molecule has 0 spiro atoms. The second-order valence-electron chi connectivity index (χ2n) is 7.19. The summed E-state index contributed by atoms with van der Waals surface area (Å²) in [6.07, 6.45) is 2.76. The van der Waals surface area contributed by atoms with Gasteiger partial charge < -0.3 is 18.8 Å². The number of hydrazone groups is 1. The fourth-order valence-corrected chi connectivity index (χ4v) is 3.31. The van der Waals surface area contributed by atoms with E-state index in [4.69, 9.17) is 13.9 Å². The van der Waals surface area contributed by atoms with Gasteiger partial charge in [-0.25, -0.2) is 5.43 Å². The summed E-state index contributed by atoms with van der Waals surface area (Å²) in [6.45, 7) is 1.02. The van der Waals surface area contributed by atoms with Crippen LogP contribution in [0.15, 0.2) is 70.2 Å². The second kappa shape index (κ2) is 9.82. The van der Waals surface area contributed by atoms with Crippen LogP contribution >= 0.6 is 0 Å². The molecule has 8 heteroatoms. The van der Waals surface area contributed by atoms with Gasteiger partial charge in [0.1, 0.15) is 12.4 Å². The standard InChI is InChI=1S/C24H23N3O5/c1-30-20-9-7-17(8-10-20)16-31-23-12-11-21(32-23)15-25-26-24(29)18-4-2-5-19(14-18)27-13-3-6-22(27)28/h2,4-5,7-12,14-15H,3,6,13,16H2,1H3,(H,26,29)/b25-15-. The molecule has 1 saturated heterocycles. The predicted molar refractivity (Wildman–Crippen MR) is 119 cm³/mol. The maximum absolute atomic E-state index is 12.4. The molecule has 2 amide bonds. The van der Waals surface area contributed by atoms with Gasteiger partial charge in [-0.2, -0.15) is 5.10 Å². The number of rotatable bonds is 8. The first kappa shape index (κ1) is 21.2. The van der Waals surface area contributed by atoms with Crippen LogP contribution in [0.2, 0.25) is 0 Å². The summed E-state index contributed by atoms with van der Waals surface area (Å²) in [7, 11) is 1.62. The number of carbonyl (C=O) groups excluding carboxylic acids is 2. The van der Waals surface area contributed by atoms with Crippen molar-refractivity contribution in [3.63, 3.8) is 0 Å². The highest BCUT2D eigenvalue weighted by Crippen LogP contribution is 2.22. The van der Waals surface area contributed by atoms with Gasteiger partial charge in [-0.05, 0) is 48.4 Å². The maximum Gasteiger partial charge on any atom is 0.285 e. The zero-order valence-corrected chi connectivity index (χ0v) is 17.6. The van der Waals surface area contributed by atoms with Gasteiger partial charge in [-0.15, -0.1) is 0 Å². The quantitative estimate of drug-likeness (QED) is 0.431. The Balaban J connectivity index is 1.30. The molecule has 3 aromatic rings. The van der Waals surface area contributed by atoms with E-state index < -0.39 is 0 Å². The molecule has 0 saturated carbocycles. The van der Waals surface area contributed by atoms with Gasteiger partial charge in [-0.1, -0.05) is 18.2 Å². The van der Waals surface area contributed by atoms with Crippen molar-refractivity contribution in [1.82, 2.24) is 5.43 Å². The smallest absolute Gasteiger partial charge is 0.285 e. The lowest BCUT2D eigenvalue weighted by atomic mass is 10.2. The minimum atomic E-state index is -0.378. The number of ether oxygens (including phenoxy) is 2. The van der Waals surface area contributed by atoms with Gasteiger partial charge in [-0.3, -0.25) is 9.59 Å². The number of benzene rings is 2. The molecule has 0 aliphatic carbocycles. The molecular weight excluding hydrogens is 410 g/mol. The normalized spacial score (nSPS) is 13.5. The summed E-state index contributed by atoms with van der Waals surface area (Å²) in [5, 5.41) is 3.94. The third kappa shape index (κ3) is 5.15. The van der Waals surface area contributed by atoms with Crippen molar-refractivity contribution < 1.29 is 23.5 Å². The number of amides is 2. The Morgan fingerprint density at radius 2 is 2.03 bits per heavy atom. The molecule has 1 fully saturated rings. The van der Waals surface area contributed by atoms with E-state index in [9.17, 15) is 9.59 Å². The molecule has 0 bridgehead atoms. The maximum atomic E-state index is 12.4. The average Bonchev–Trinajstić information content (AvgIpc) is 3.47. The van der Waals surface area contributed by atoms with Gasteiger partial charge in [0.05, 0.1) is 13.3 Å². The SMILES string of the molecule is COc1ccc(COc2ccc(/C=N\NC(=O)c3cccc(N4CCCC4=O)c3)o2)cc1. The molecule has 0 atom stereocenters. The van der Waals surface area contributed by atoms with E-state index in [0.29, 0.717) is 42.5 Å². The van der Waals surface area contributed by atoms with Crippen LogP contribution in [0.4, 0.5) is 5.69 Å². The lowest BCUT2D eigenvalue weighted by Gasteiger charge is -2.16. The molecule has 1 aliphatic heterocycles. The average molecular weight is 433 g/mol. The molecule has 0 unspecified atom stereocenters. The van der Waals surface area contributed by atoms with Crippen LogP contribution in [-0.2, 0) is 11.4 Å². The molecule has 1 aromatic heterocycles. The van der Waals surface area contributed by atoms with Crippen molar-refractivity contribution in [3.8, 4) is 11.7 Å². The summed E-state index contributed by atoms with van der Waals surface area (Å²) in [4.78, 5) is 26.0. The lowest BCUT2D eigenvalue weighted by Crippen LogP contribution is -2.24. The molecule has 0 radical (unpaired) electrons. The van der Waals surface area contributed by atoms with Crippen molar-refractivity contribution in [3.05, 3.63) is 77.6 Å². The largest absolute Gasteiger partial charge is 0.497 e. The van der Waals surface area contributed by atoms with Crippen molar-refractivity contribution in [1.29, 1.82) is 0 Å². The summed E-state index contributed by atoms with van der Waals surface area (Å²) in [5.41, 5.74) is 4.58. The van der Waals surface area contributed by atoms with Crippen LogP contribution in [0.5, 0.6) is 11.7 Å². The molecular formula is C24H23N3O5. The fourth-order valence-electron chi connectivity index (χ4n) is 3.31. The van der Waals surface area contributed by atoms with Gasteiger partial charge in [0.15, 0.2) is 5.76 Å². The van der Waals surface area contributed by atoms with Crippen LogP contribution in [0.25, 0.3) is 0 Å². The first-order valence-corrected chi connectivity index (χ1v) is 10.2. The number of nitrogens with one attached hydrogen (secondary N) is 1. The van der Waals surface area contributed by atoms with E-state index in [-0.39, 0.29) is 11.8 Å². The number of nitrogens with zero attached hydrogens (tertiary/aromatic N) is 2. The van der Waals surface area contributed by atoms with Crippen molar-refractivity contribution in [2.24, 2.45) is 5.10 Å². The highest BCUT2D eigenvalue weighted by Gasteiger charge is 2.22. The fraction of sp³-hybridized carbons (Fsp3) is 0.208. The Hall–Kier alpha value is -4.07. The van der Waals surface area contributed by atoms with E-state index >= 15 is 0 Å². The third-order valence-electron chi connectivity index (χ3n) is 4.99. The number of hydrogen-bond acceptors (Lipinski definition) is 6. The topological polar surface area (TPSA) is 93.4 Å². The van der Waals surface area contributed by atoms with Crippen LogP contribution in [-0.4, -0.2) is 31.7 Å². The van der Waals surface area contributed by atoms with Gasteiger partial charge in [0.2, 0.25) is 5.91 Å². The number of methoxy groups -OCH3 is 1. The second-order valence-corrected chi connectivity index (χ2v) is 7.19. The molecule has 1 aliphatic rings. The monoisotopic (exact) mass is 433 g/mol. The Morgan fingerprint density at radius 3 is 2.78 bits per heavy atom. The van der Waals surface area contributed by atoms with Crippen LogP contribution in [0.3, 0.4) is 0 Å². The van der Waals surface area contributed by atoms with Crippen molar-refractivity contribution in [2.45, 2.75) is 19.4 Å². The van der Waals surface area contributed by atoms with E-state index in [2.05, 4.69) is 10.5 Å². The summed E-state index contributed by atoms with van der Waals surface area (Å²) >= 11 is 0. The number of furan rings is 1. The van der Waals surface area contributed by atoms with Crippen LogP contribution < -0.4 is 19.8 Å². The molecule has 4 rings (SSSR count). The van der Waals surface area contributed by atoms with E-state index in [0.717, 1.165) is 17.7 Å². The zero-order valence-electron chi connectivity index (χ0n) is 17.6. The molecule has 2 aromatic carbocycles. The summed E-state index contributed by atoms with van der Waals surface area (Å²) < 4.78 is 16.3. The van der Waals surface area contributed by atoms with E-state index in [1.165, 1.54) is 6.21 Å². The Morgan fingerprint density at radius 1 is 1.19 bits per heavy atom. The minimum absolute atomic E-state index is 0.0726. The van der Waals surface area contributed by atoms with Gasteiger partial charge in [0.25, 0.3) is 11.9 Å². The highest BCUT2D eigenvalue weighted by atomic mass is 16.6. The summed E-state index contributed by atoms with van der Waals surface area (Å²) in [6, 6.07) is 17.8. The molecule has 1 N–H and O–H groups in total. The Bertz CT molecular complexity index is 1120. The van der Waals surface area contributed by atoms with E-state index in [1.807, 2.05) is 30.3 Å². The lowest BCUT2D eigenvalue weighted by molar-refractivity contribution is -0.117. The highest BCUT2D eigenvalue weighted by molar-refractivity contribution is 5.99. The van der Waals surface area contributed by atoms with Crippen LogP contribution in [0, 0.1) is 0 Å². The van der Waals surface area contributed by atoms with Crippen molar-refractivity contribution >= 4 is 23.7 Å². The van der Waals surface area contributed by atoms with Gasteiger partial charge in [0, 0.05) is 30.3 Å². The summed E-state index contributed by atoms with van der Waals surface area (Å²) in [5.74, 6) is 1.26. The minimum Gasteiger partial charge on any atom is -0.497 e. The zero-order chi connectivity index (χ0) is 22.3. The van der Waals surface area contributed by atoms with Crippen LogP contribution in [0.1, 0.15) is 34.5 Å². The Labute approximate surface area is 185 Å². The number of hydrogen-bond donors (Lipinski definition) is 1. The first-order chi connectivity index (χ1) is 15.6. The van der Waals surface area contributed by atoms with Crippen molar-refractivity contribution in [2.75, 3.05) is 18.6 Å². The molecule has 32 heavy (non-hydrogen) atoms. The number of anilines is 1. The number of carbonyl (C=O) groups is 2. The molecule has 164 valence electrons. The van der Waals surface area contributed by atoms with Gasteiger partial charge >= 0.3 is 0 Å². The molecule has 8 nitrogen and oxygen atoms in total. The Kier molecular flexibility index (Phi) is 6.50.